The van der Waals surface area contributed by atoms with Crippen molar-refractivity contribution in [2.45, 2.75) is 55.9 Å². The lowest BCUT2D eigenvalue weighted by Gasteiger charge is -2.25. The molecule has 5 heterocycles. The van der Waals surface area contributed by atoms with Crippen molar-refractivity contribution in [3.63, 3.8) is 0 Å². The Balaban J connectivity index is 0.000000190. The Hall–Kier alpha value is -7.50. The molecule has 0 N–H and O–H groups in total. The molecule has 10 aromatic rings. The van der Waals surface area contributed by atoms with Gasteiger partial charge in [0, 0.05) is 111 Å². The summed E-state index contributed by atoms with van der Waals surface area (Å²) in [4.78, 5) is 35.9. The number of nitrogens with zero attached hydrogens (tertiary/aromatic N) is 11. The molecule has 0 bridgehead atoms. The first-order valence-electron chi connectivity index (χ1n) is 32.9. The lowest BCUT2D eigenvalue weighted by molar-refractivity contribution is 0.389. The summed E-state index contributed by atoms with van der Waals surface area (Å²) in [5.41, 5.74) is 11.1. The Morgan fingerprint density at radius 3 is 0.948 bits per heavy atom. The van der Waals surface area contributed by atoms with Gasteiger partial charge in [0.1, 0.15) is 11.6 Å². The van der Waals surface area contributed by atoms with Gasteiger partial charge in [0.15, 0.2) is 0 Å². The molecule has 4 atom stereocenters. The molecule has 0 amide bonds. The van der Waals surface area contributed by atoms with Crippen LogP contribution in [0.1, 0.15) is 99.9 Å². The van der Waals surface area contributed by atoms with Crippen LogP contribution in [-0.4, -0.2) is 166 Å². The third-order valence-corrected chi connectivity index (χ3v) is 17.3. The fourth-order valence-corrected chi connectivity index (χ4v) is 11.3. The molecule has 5 aromatic heterocycles. The van der Waals surface area contributed by atoms with Gasteiger partial charge in [-0.05, 0) is 259 Å². The zero-order chi connectivity index (χ0) is 68.9. The average molecular weight is 1440 g/mol. The SMILES string of the molecule is CN(C)CCC(c1ccc(Br)cc1)c1ccccn1.CN(C)CCC(c1ccc(Cl)cc1)c1ccccn1.CN(C)CCC(c1ccccc1)c1ccccn1.CN(C)CC[C@@H](c1ccc(Br)cc1)c1ccccn1.COc1ccc(CN(CCN(C)C)c2ccccn2)cc1. The van der Waals surface area contributed by atoms with E-state index in [0.29, 0.717) is 23.7 Å². The number of anilines is 1. The highest BCUT2D eigenvalue weighted by atomic mass is 79.9. The van der Waals surface area contributed by atoms with Crippen molar-refractivity contribution < 1.29 is 4.74 Å². The van der Waals surface area contributed by atoms with E-state index in [1.54, 1.807) is 7.11 Å². The van der Waals surface area contributed by atoms with E-state index in [9.17, 15) is 0 Å². The molecule has 96 heavy (non-hydrogen) atoms. The number of ether oxygens (including phenoxy) is 1. The standard InChI is InChI=1S/C17H23N3O.2C16H19BrN2.C16H19ClN2.C16H20N2/c1-19(2)12-13-20(17-6-4-5-11-18-17)14-15-7-9-16(21-3)10-8-15;3*1-19(2)12-10-15(16-5-3-4-11-18-16)13-6-8-14(17)9-7-13;1-18(2)13-11-15(14-8-4-3-5-9-14)16-10-6-7-12-17-16/h4-11H,12-14H2,1-3H3;3*3-9,11,15H,10,12H2,1-2H3;3-10,12,15H,11,13H2,1-2H3/t;15-;;;/m.0.../s1. The highest BCUT2D eigenvalue weighted by Gasteiger charge is 2.19. The molecule has 0 aliphatic rings. The summed E-state index contributed by atoms with van der Waals surface area (Å²) >= 11 is 12.9. The normalized spacial score (nSPS) is 12.2. The number of aromatic nitrogens is 5. The highest BCUT2D eigenvalue weighted by molar-refractivity contribution is 9.10. The fourth-order valence-electron chi connectivity index (χ4n) is 10.7. The van der Waals surface area contributed by atoms with Gasteiger partial charge in [-0.3, -0.25) is 19.9 Å². The number of pyridine rings is 5. The molecule has 3 unspecified atom stereocenters. The second-order valence-corrected chi connectivity index (χ2v) is 27.2. The summed E-state index contributed by atoms with van der Waals surface area (Å²) in [5.74, 6) is 3.32. The van der Waals surface area contributed by atoms with E-state index >= 15 is 0 Å². The summed E-state index contributed by atoms with van der Waals surface area (Å²) in [6.07, 6.45) is 13.6. The van der Waals surface area contributed by atoms with Crippen LogP contribution >= 0.6 is 43.5 Å². The van der Waals surface area contributed by atoms with E-state index in [1.807, 2.05) is 97.7 Å². The van der Waals surface area contributed by atoms with Crippen LogP contribution in [0.4, 0.5) is 5.82 Å². The molecule has 5 aromatic carbocycles. The number of hydrogen-bond donors (Lipinski definition) is 0. The van der Waals surface area contributed by atoms with E-state index in [1.165, 1.54) is 27.8 Å². The maximum atomic E-state index is 5.97. The minimum Gasteiger partial charge on any atom is -0.497 e. The maximum Gasteiger partial charge on any atom is 0.128 e. The first kappa shape index (κ1) is 77.5. The van der Waals surface area contributed by atoms with Crippen molar-refractivity contribution in [3.05, 3.63) is 314 Å². The Morgan fingerprint density at radius 2 is 0.646 bits per heavy atom. The minimum absolute atomic E-state index is 0.320. The van der Waals surface area contributed by atoms with Crippen LogP contribution in [0.15, 0.2) is 258 Å². The van der Waals surface area contributed by atoms with E-state index in [2.05, 4.69) is 308 Å². The van der Waals surface area contributed by atoms with Crippen molar-refractivity contribution in [1.29, 1.82) is 0 Å². The molecule has 0 aliphatic carbocycles. The summed E-state index contributed by atoms with van der Waals surface area (Å²) in [5, 5.41) is 0.774. The van der Waals surface area contributed by atoms with Gasteiger partial charge in [-0.2, -0.15) is 0 Å². The van der Waals surface area contributed by atoms with Crippen LogP contribution in [0.2, 0.25) is 5.02 Å². The number of likely N-dealkylation sites (N-methyl/N-ethyl adjacent to an activating group) is 1. The maximum absolute atomic E-state index is 5.97. The molecule has 15 heteroatoms. The molecule has 0 aliphatic heterocycles. The second-order valence-electron chi connectivity index (χ2n) is 24.9. The number of halogens is 3. The molecule has 0 saturated carbocycles. The topological polar surface area (TPSA) is 93.1 Å². The number of hydrogen-bond acceptors (Lipinski definition) is 12. The van der Waals surface area contributed by atoms with E-state index in [-0.39, 0.29) is 0 Å². The highest BCUT2D eigenvalue weighted by Crippen LogP contribution is 2.31. The van der Waals surface area contributed by atoms with E-state index in [0.717, 1.165) is 120 Å². The number of rotatable bonds is 27. The number of methoxy groups -OCH3 is 1. The van der Waals surface area contributed by atoms with Crippen molar-refractivity contribution >= 4 is 49.3 Å². The Bertz CT molecular complexity index is 3320. The van der Waals surface area contributed by atoms with Crippen LogP contribution in [0.25, 0.3) is 0 Å². The van der Waals surface area contributed by atoms with Gasteiger partial charge in [0.05, 0.1) is 7.11 Å². The van der Waals surface area contributed by atoms with Crippen LogP contribution in [0.5, 0.6) is 5.75 Å². The van der Waals surface area contributed by atoms with Gasteiger partial charge in [-0.25, -0.2) is 4.98 Å². The second kappa shape index (κ2) is 43.6. The molecule has 0 spiro atoms. The van der Waals surface area contributed by atoms with Crippen LogP contribution < -0.4 is 9.64 Å². The predicted molar refractivity (Wildman–Crippen MR) is 410 cm³/mol. The minimum atomic E-state index is 0.320. The lowest BCUT2D eigenvalue weighted by atomic mass is 9.92. The third kappa shape index (κ3) is 29.1. The summed E-state index contributed by atoms with van der Waals surface area (Å²) in [6.45, 7) is 6.98. The van der Waals surface area contributed by atoms with Gasteiger partial charge in [0.2, 0.25) is 0 Å². The van der Waals surface area contributed by atoms with Crippen LogP contribution in [0.3, 0.4) is 0 Å². The Kier molecular flexibility index (Phi) is 35.2. The first-order valence-corrected chi connectivity index (χ1v) is 34.9. The van der Waals surface area contributed by atoms with Crippen LogP contribution in [0, 0.1) is 0 Å². The lowest BCUT2D eigenvalue weighted by Crippen LogP contribution is -2.31. The zero-order valence-corrected chi connectivity index (χ0v) is 62.1. The fraction of sp³-hybridized carbons (Fsp3) is 0.321. The third-order valence-electron chi connectivity index (χ3n) is 16.0. The van der Waals surface area contributed by atoms with Gasteiger partial charge < -0.3 is 34.1 Å². The summed E-state index contributed by atoms with van der Waals surface area (Å²) < 4.78 is 7.43. The van der Waals surface area contributed by atoms with Gasteiger partial charge in [-0.1, -0.05) is 153 Å². The quantitative estimate of drug-likeness (QED) is 0.0491. The van der Waals surface area contributed by atoms with Crippen molar-refractivity contribution in [2.24, 2.45) is 0 Å². The largest absolute Gasteiger partial charge is 0.497 e. The Morgan fingerprint density at radius 1 is 0.333 bits per heavy atom. The summed E-state index contributed by atoms with van der Waals surface area (Å²) in [7, 11) is 22.7. The van der Waals surface area contributed by atoms with Crippen molar-refractivity contribution in [1.82, 2.24) is 49.4 Å². The van der Waals surface area contributed by atoms with Crippen LogP contribution in [-0.2, 0) is 6.54 Å². The predicted octanol–water partition coefficient (Wildman–Crippen LogP) is 17.5. The molecule has 0 radical (unpaired) electrons. The first-order chi connectivity index (χ1) is 46.5. The molecule has 10 rings (SSSR count). The Labute approximate surface area is 596 Å². The molecule has 0 saturated heterocycles. The molecule has 506 valence electrons. The molecule has 12 nitrogen and oxygen atoms in total. The van der Waals surface area contributed by atoms with Gasteiger partial charge in [-0.15, -0.1) is 0 Å². The average Bonchev–Trinajstić information content (AvgIpc) is 0.980. The van der Waals surface area contributed by atoms with E-state index in [4.69, 9.17) is 16.3 Å². The summed E-state index contributed by atoms with van der Waals surface area (Å²) in [6, 6.07) is 74.6. The van der Waals surface area contributed by atoms with Gasteiger partial charge in [0.25, 0.3) is 0 Å². The number of benzene rings is 5. The van der Waals surface area contributed by atoms with Crippen molar-refractivity contribution in [2.75, 3.05) is 122 Å². The van der Waals surface area contributed by atoms with Gasteiger partial charge >= 0.3 is 0 Å². The monoisotopic (exact) mass is 1440 g/mol. The molecular weight excluding hydrogens is 1340 g/mol. The molecule has 0 fully saturated rings. The van der Waals surface area contributed by atoms with Crippen molar-refractivity contribution in [3.8, 4) is 5.75 Å². The zero-order valence-electron chi connectivity index (χ0n) is 58.2. The smallest absolute Gasteiger partial charge is 0.128 e. The molecular formula is C81H100Br2ClN11O. The van der Waals surface area contributed by atoms with E-state index < -0.39 is 0 Å².